The third-order valence-electron chi connectivity index (χ3n) is 2.50. The molecule has 0 radical (unpaired) electrons. The summed E-state index contributed by atoms with van der Waals surface area (Å²) in [6.45, 7) is 2.21. The second-order valence-electron chi connectivity index (χ2n) is 3.95. The van der Waals surface area contributed by atoms with Crippen LogP contribution in [0.1, 0.15) is 6.92 Å². The quantitative estimate of drug-likeness (QED) is 0.778. The average molecular weight is 277 g/mol. The Balaban J connectivity index is 2.21. The third kappa shape index (κ3) is 3.25. The molecule has 2 rings (SSSR count). The van der Waals surface area contributed by atoms with Crippen LogP contribution in [0.5, 0.6) is 5.75 Å². The molecule has 0 fully saturated rings. The fourth-order valence-electron chi connectivity index (χ4n) is 1.66. The van der Waals surface area contributed by atoms with Crippen molar-refractivity contribution in [3.63, 3.8) is 0 Å². The predicted molar refractivity (Wildman–Crippen MR) is 76.8 cm³/mol. The number of benzene rings is 1. The van der Waals surface area contributed by atoms with E-state index < -0.39 is 5.82 Å². The molecule has 0 unspecified atom stereocenters. The summed E-state index contributed by atoms with van der Waals surface area (Å²) in [5, 5.41) is 5.83. The number of anilines is 4. The Morgan fingerprint density at radius 1 is 1.25 bits per heavy atom. The van der Waals surface area contributed by atoms with Gasteiger partial charge >= 0.3 is 0 Å². The van der Waals surface area contributed by atoms with Gasteiger partial charge in [-0.05, 0) is 19.1 Å². The largest absolute Gasteiger partial charge is 0.491 e. The molecule has 0 aliphatic rings. The highest BCUT2D eigenvalue weighted by molar-refractivity contribution is 5.61. The smallest absolute Gasteiger partial charge is 0.223 e. The Kier molecular flexibility index (Phi) is 4.19. The van der Waals surface area contributed by atoms with Gasteiger partial charge in [0, 0.05) is 24.9 Å². The molecule has 1 aromatic heterocycles. The molecule has 0 aliphatic heterocycles. The van der Waals surface area contributed by atoms with Gasteiger partial charge in [-0.25, -0.2) is 4.39 Å². The SMILES string of the molecule is CCOc1ccc(Nc2cc(NC)nc(N)n2)cc1F. The van der Waals surface area contributed by atoms with Gasteiger partial charge in [-0.3, -0.25) is 0 Å². The van der Waals surface area contributed by atoms with Gasteiger partial charge in [0.15, 0.2) is 11.6 Å². The summed E-state index contributed by atoms with van der Waals surface area (Å²) in [5.74, 6) is 0.964. The van der Waals surface area contributed by atoms with Crippen molar-refractivity contribution in [3.05, 3.63) is 30.1 Å². The molecular weight excluding hydrogens is 261 g/mol. The van der Waals surface area contributed by atoms with Gasteiger partial charge < -0.3 is 21.1 Å². The minimum atomic E-state index is -0.437. The Morgan fingerprint density at radius 3 is 2.65 bits per heavy atom. The lowest BCUT2D eigenvalue weighted by molar-refractivity contribution is 0.321. The summed E-state index contributed by atoms with van der Waals surface area (Å²) >= 11 is 0. The first-order chi connectivity index (χ1) is 9.62. The molecule has 0 spiro atoms. The summed E-state index contributed by atoms with van der Waals surface area (Å²) in [4.78, 5) is 8.00. The lowest BCUT2D eigenvalue weighted by Crippen LogP contribution is -2.03. The van der Waals surface area contributed by atoms with Crippen molar-refractivity contribution in [2.45, 2.75) is 6.92 Å². The molecule has 20 heavy (non-hydrogen) atoms. The van der Waals surface area contributed by atoms with Crippen LogP contribution in [0.25, 0.3) is 0 Å². The number of aromatic nitrogens is 2. The van der Waals surface area contributed by atoms with Gasteiger partial charge in [0.2, 0.25) is 5.95 Å². The van der Waals surface area contributed by atoms with Crippen molar-refractivity contribution in [2.24, 2.45) is 0 Å². The van der Waals surface area contributed by atoms with Crippen LogP contribution in [0.4, 0.5) is 27.7 Å². The molecule has 0 saturated carbocycles. The van der Waals surface area contributed by atoms with E-state index in [9.17, 15) is 4.39 Å². The number of halogens is 1. The van der Waals surface area contributed by atoms with Gasteiger partial charge in [-0.1, -0.05) is 0 Å². The van der Waals surface area contributed by atoms with Crippen LogP contribution < -0.4 is 21.1 Å². The molecule has 6 nitrogen and oxygen atoms in total. The Labute approximate surface area is 116 Å². The summed E-state index contributed by atoms with van der Waals surface area (Å²) < 4.78 is 18.9. The Morgan fingerprint density at radius 2 is 2.00 bits per heavy atom. The number of nitrogens with zero attached hydrogens (tertiary/aromatic N) is 2. The van der Waals surface area contributed by atoms with E-state index >= 15 is 0 Å². The van der Waals surface area contributed by atoms with Crippen molar-refractivity contribution < 1.29 is 9.13 Å². The van der Waals surface area contributed by atoms with E-state index in [-0.39, 0.29) is 11.7 Å². The first kappa shape index (κ1) is 13.9. The van der Waals surface area contributed by atoms with Crippen LogP contribution in [-0.4, -0.2) is 23.6 Å². The molecule has 0 bridgehead atoms. The Bertz CT molecular complexity index is 605. The number of nitrogens with two attached hydrogens (primary N) is 1. The normalized spacial score (nSPS) is 10.2. The van der Waals surface area contributed by atoms with Gasteiger partial charge in [0.1, 0.15) is 11.6 Å². The first-order valence-electron chi connectivity index (χ1n) is 6.14. The molecular formula is C13H16FN5O. The number of hydrogen-bond donors (Lipinski definition) is 3. The molecule has 1 aromatic carbocycles. The second kappa shape index (κ2) is 6.05. The molecule has 0 saturated heterocycles. The number of nitrogen functional groups attached to an aromatic ring is 1. The van der Waals surface area contributed by atoms with Crippen LogP contribution in [0.2, 0.25) is 0 Å². The maximum absolute atomic E-state index is 13.7. The van der Waals surface area contributed by atoms with E-state index in [0.717, 1.165) is 0 Å². The highest BCUT2D eigenvalue weighted by Gasteiger charge is 2.06. The third-order valence-corrected chi connectivity index (χ3v) is 2.50. The highest BCUT2D eigenvalue weighted by atomic mass is 19.1. The van der Waals surface area contributed by atoms with Gasteiger partial charge in [0.05, 0.1) is 6.61 Å². The lowest BCUT2D eigenvalue weighted by atomic mass is 10.3. The number of hydrogen-bond acceptors (Lipinski definition) is 6. The maximum atomic E-state index is 13.7. The van der Waals surface area contributed by atoms with E-state index in [4.69, 9.17) is 10.5 Å². The van der Waals surface area contributed by atoms with E-state index in [1.54, 1.807) is 32.2 Å². The minimum Gasteiger partial charge on any atom is -0.491 e. The monoisotopic (exact) mass is 277 g/mol. The topological polar surface area (TPSA) is 85.1 Å². The van der Waals surface area contributed by atoms with Crippen LogP contribution in [0.3, 0.4) is 0 Å². The summed E-state index contributed by atoms with van der Waals surface area (Å²) in [6.07, 6.45) is 0. The molecule has 0 aliphatic carbocycles. The molecule has 106 valence electrons. The zero-order valence-electron chi connectivity index (χ0n) is 11.3. The molecule has 2 aromatic rings. The van der Waals surface area contributed by atoms with Gasteiger partial charge in [0.25, 0.3) is 0 Å². The van der Waals surface area contributed by atoms with Crippen molar-refractivity contribution in [1.29, 1.82) is 0 Å². The predicted octanol–water partition coefficient (Wildman–Crippen LogP) is 2.38. The van der Waals surface area contributed by atoms with E-state index in [0.29, 0.717) is 23.9 Å². The minimum absolute atomic E-state index is 0.130. The first-order valence-corrected chi connectivity index (χ1v) is 6.14. The number of ether oxygens (including phenoxy) is 1. The van der Waals surface area contributed by atoms with Crippen molar-refractivity contribution in [2.75, 3.05) is 30.0 Å². The molecule has 0 atom stereocenters. The fraction of sp³-hybridized carbons (Fsp3) is 0.231. The molecule has 4 N–H and O–H groups in total. The average Bonchev–Trinajstić information content (AvgIpc) is 2.41. The summed E-state index contributed by atoms with van der Waals surface area (Å²) in [5.41, 5.74) is 6.13. The number of nitrogens with one attached hydrogen (secondary N) is 2. The Hall–Kier alpha value is -2.57. The molecule has 7 heteroatoms. The van der Waals surface area contributed by atoms with Crippen molar-refractivity contribution in [3.8, 4) is 5.75 Å². The second-order valence-corrected chi connectivity index (χ2v) is 3.95. The summed E-state index contributed by atoms with van der Waals surface area (Å²) in [7, 11) is 1.72. The van der Waals surface area contributed by atoms with Crippen LogP contribution in [0, 0.1) is 5.82 Å². The summed E-state index contributed by atoms with van der Waals surface area (Å²) in [6, 6.07) is 6.27. The van der Waals surface area contributed by atoms with E-state index in [2.05, 4.69) is 20.6 Å². The van der Waals surface area contributed by atoms with Crippen molar-refractivity contribution in [1.82, 2.24) is 9.97 Å². The van der Waals surface area contributed by atoms with E-state index in [1.807, 2.05) is 0 Å². The number of rotatable bonds is 5. The molecule has 0 amide bonds. The fourth-order valence-corrected chi connectivity index (χ4v) is 1.66. The maximum Gasteiger partial charge on any atom is 0.223 e. The van der Waals surface area contributed by atoms with E-state index in [1.165, 1.54) is 6.07 Å². The van der Waals surface area contributed by atoms with Crippen LogP contribution in [0.15, 0.2) is 24.3 Å². The van der Waals surface area contributed by atoms with Crippen LogP contribution in [-0.2, 0) is 0 Å². The lowest BCUT2D eigenvalue weighted by Gasteiger charge is -2.10. The molecule has 1 heterocycles. The highest BCUT2D eigenvalue weighted by Crippen LogP contribution is 2.24. The standard InChI is InChI=1S/C13H16FN5O/c1-3-20-10-5-4-8(6-9(10)14)17-12-7-11(16-2)18-13(15)19-12/h4-7H,3H2,1-2H3,(H4,15,16,17,18,19). The zero-order chi connectivity index (χ0) is 14.5. The van der Waals surface area contributed by atoms with Gasteiger partial charge in [-0.15, -0.1) is 0 Å². The van der Waals surface area contributed by atoms with Crippen molar-refractivity contribution >= 4 is 23.3 Å². The van der Waals surface area contributed by atoms with Crippen LogP contribution >= 0.6 is 0 Å². The van der Waals surface area contributed by atoms with Gasteiger partial charge in [-0.2, -0.15) is 9.97 Å². The zero-order valence-corrected chi connectivity index (χ0v) is 11.3.